The molecule has 0 aliphatic rings. The molecule has 0 atom stereocenters. The molecule has 0 spiro atoms. The van der Waals surface area contributed by atoms with Crippen LogP contribution in [-0.4, -0.2) is 29.8 Å². The number of nitrogens with one attached hydrogen (secondary N) is 1. The van der Waals surface area contributed by atoms with Crippen molar-refractivity contribution in [3.05, 3.63) is 70.8 Å². The standard InChI is InChI=1S/C20H24N2O2/c1-15-9-10-19(13-16(15)2)20(24)21-11-12-22(17(3)23)14-18-7-5-4-6-8-18/h4-10,13H,11-12,14H2,1-3H3,(H,21,24). The molecule has 0 radical (unpaired) electrons. The van der Waals surface area contributed by atoms with Crippen LogP contribution in [0.4, 0.5) is 0 Å². The molecule has 1 N–H and O–H groups in total. The maximum atomic E-state index is 12.2. The predicted octanol–water partition coefficient (Wildman–Crippen LogP) is 3.08. The maximum absolute atomic E-state index is 12.2. The summed E-state index contributed by atoms with van der Waals surface area (Å²) in [7, 11) is 0. The lowest BCUT2D eigenvalue weighted by atomic mass is 10.1. The first-order valence-corrected chi connectivity index (χ1v) is 8.12. The highest BCUT2D eigenvalue weighted by atomic mass is 16.2. The quantitative estimate of drug-likeness (QED) is 0.888. The van der Waals surface area contributed by atoms with Crippen LogP contribution < -0.4 is 5.32 Å². The molecule has 126 valence electrons. The van der Waals surface area contributed by atoms with E-state index >= 15 is 0 Å². The minimum absolute atomic E-state index is 0.000664. The van der Waals surface area contributed by atoms with Crippen LogP contribution in [0.3, 0.4) is 0 Å². The number of carbonyl (C=O) groups excluding carboxylic acids is 2. The Labute approximate surface area is 143 Å². The molecule has 4 heteroatoms. The Kier molecular flexibility index (Phi) is 6.13. The summed E-state index contributed by atoms with van der Waals surface area (Å²) in [5.74, 6) is -0.111. The molecule has 0 aliphatic carbocycles. The first-order chi connectivity index (χ1) is 11.5. The number of aryl methyl sites for hydroxylation is 2. The van der Waals surface area contributed by atoms with E-state index in [9.17, 15) is 9.59 Å². The number of hydrogen-bond acceptors (Lipinski definition) is 2. The Balaban J connectivity index is 1.89. The van der Waals surface area contributed by atoms with Crippen LogP contribution >= 0.6 is 0 Å². The molecule has 0 aliphatic heterocycles. The summed E-state index contributed by atoms with van der Waals surface area (Å²) in [5.41, 5.74) is 3.98. The SMILES string of the molecule is CC(=O)N(CCNC(=O)c1ccc(C)c(C)c1)Cc1ccccc1. The molecule has 0 saturated heterocycles. The van der Waals surface area contributed by atoms with Gasteiger partial charge in [0.05, 0.1) is 0 Å². The van der Waals surface area contributed by atoms with E-state index < -0.39 is 0 Å². The smallest absolute Gasteiger partial charge is 0.251 e. The molecule has 2 aromatic carbocycles. The summed E-state index contributed by atoms with van der Waals surface area (Å²) in [5, 5.41) is 2.88. The zero-order valence-electron chi connectivity index (χ0n) is 14.5. The van der Waals surface area contributed by atoms with Crippen LogP contribution in [0.5, 0.6) is 0 Å². The Morgan fingerprint density at radius 3 is 2.33 bits per heavy atom. The summed E-state index contributed by atoms with van der Waals surface area (Å²) < 4.78 is 0. The minimum atomic E-state index is -0.110. The number of amides is 2. The van der Waals surface area contributed by atoms with Gasteiger partial charge in [-0.1, -0.05) is 36.4 Å². The summed E-state index contributed by atoms with van der Waals surface area (Å²) in [6.45, 7) is 7.03. The van der Waals surface area contributed by atoms with Gasteiger partial charge in [-0.15, -0.1) is 0 Å². The molecule has 24 heavy (non-hydrogen) atoms. The van der Waals surface area contributed by atoms with Gasteiger partial charge in [-0.3, -0.25) is 9.59 Å². The second-order valence-electron chi connectivity index (χ2n) is 5.98. The monoisotopic (exact) mass is 324 g/mol. The third-order valence-corrected chi connectivity index (χ3v) is 4.10. The van der Waals surface area contributed by atoms with Crippen LogP contribution in [0.2, 0.25) is 0 Å². The largest absolute Gasteiger partial charge is 0.350 e. The Bertz CT molecular complexity index is 711. The predicted molar refractivity (Wildman–Crippen MR) is 95.8 cm³/mol. The van der Waals surface area contributed by atoms with Crippen LogP contribution in [0.1, 0.15) is 34.0 Å². The summed E-state index contributed by atoms with van der Waals surface area (Å²) in [4.78, 5) is 25.7. The highest BCUT2D eigenvalue weighted by molar-refractivity contribution is 5.94. The normalized spacial score (nSPS) is 10.3. The van der Waals surface area contributed by atoms with Crippen LogP contribution in [0.15, 0.2) is 48.5 Å². The molecule has 0 bridgehead atoms. The van der Waals surface area contributed by atoms with Crippen molar-refractivity contribution in [3.63, 3.8) is 0 Å². The Hall–Kier alpha value is -2.62. The highest BCUT2D eigenvalue weighted by Gasteiger charge is 2.11. The van der Waals surface area contributed by atoms with Gasteiger partial charge >= 0.3 is 0 Å². The van der Waals surface area contributed by atoms with Crippen LogP contribution in [0.25, 0.3) is 0 Å². The van der Waals surface area contributed by atoms with Crippen molar-refractivity contribution in [2.24, 2.45) is 0 Å². The van der Waals surface area contributed by atoms with Gasteiger partial charge in [0, 0.05) is 32.1 Å². The van der Waals surface area contributed by atoms with E-state index in [1.807, 2.05) is 62.4 Å². The third-order valence-electron chi connectivity index (χ3n) is 4.10. The molecule has 0 aromatic heterocycles. The molecule has 0 fully saturated rings. The lowest BCUT2D eigenvalue weighted by molar-refractivity contribution is -0.129. The number of carbonyl (C=O) groups is 2. The molecule has 2 amide bonds. The van der Waals surface area contributed by atoms with Crippen molar-refractivity contribution in [1.29, 1.82) is 0 Å². The number of benzene rings is 2. The van der Waals surface area contributed by atoms with Crippen LogP contribution in [-0.2, 0) is 11.3 Å². The number of hydrogen-bond donors (Lipinski definition) is 1. The minimum Gasteiger partial charge on any atom is -0.350 e. The Morgan fingerprint density at radius 2 is 1.71 bits per heavy atom. The van der Waals surface area contributed by atoms with Gasteiger partial charge in [-0.25, -0.2) is 0 Å². The van der Waals surface area contributed by atoms with Gasteiger partial charge in [0.1, 0.15) is 0 Å². The first kappa shape index (κ1) is 17.7. The van der Waals surface area contributed by atoms with E-state index in [1.54, 1.807) is 11.8 Å². The topological polar surface area (TPSA) is 49.4 Å². The van der Waals surface area contributed by atoms with Gasteiger partial charge in [0.2, 0.25) is 5.91 Å². The molecule has 4 nitrogen and oxygen atoms in total. The van der Waals surface area contributed by atoms with Crippen molar-refractivity contribution >= 4 is 11.8 Å². The Morgan fingerprint density at radius 1 is 1.00 bits per heavy atom. The van der Waals surface area contributed by atoms with E-state index in [1.165, 1.54) is 0 Å². The second kappa shape index (κ2) is 8.29. The zero-order chi connectivity index (χ0) is 17.5. The van der Waals surface area contributed by atoms with Crippen LogP contribution in [0, 0.1) is 13.8 Å². The van der Waals surface area contributed by atoms with E-state index in [-0.39, 0.29) is 11.8 Å². The van der Waals surface area contributed by atoms with E-state index in [4.69, 9.17) is 0 Å². The molecule has 0 heterocycles. The molecule has 2 rings (SSSR count). The fraction of sp³-hybridized carbons (Fsp3) is 0.300. The molecule has 0 saturated carbocycles. The molecule has 0 unspecified atom stereocenters. The van der Waals surface area contributed by atoms with Gasteiger partial charge in [-0.05, 0) is 42.7 Å². The summed E-state index contributed by atoms with van der Waals surface area (Å²) in [6, 6.07) is 15.5. The van der Waals surface area contributed by atoms with Gasteiger partial charge in [-0.2, -0.15) is 0 Å². The van der Waals surface area contributed by atoms with E-state index in [0.717, 1.165) is 16.7 Å². The van der Waals surface area contributed by atoms with Crippen molar-refractivity contribution < 1.29 is 9.59 Å². The van der Waals surface area contributed by atoms with Crippen molar-refractivity contribution in [2.45, 2.75) is 27.3 Å². The van der Waals surface area contributed by atoms with Crippen molar-refractivity contribution in [1.82, 2.24) is 10.2 Å². The fourth-order valence-electron chi connectivity index (χ4n) is 2.44. The van der Waals surface area contributed by atoms with Gasteiger partial charge < -0.3 is 10.2 Å². The van der Waals surface area contributed by atoms with Crippen molar-refractivity contribution in [3.8, 4) is 0 Å². The summed E-state index contributed by atoms with van der Waals surface area (Å²) in [6.07, 6.45) is 0. The second-order valence-corrected chi connectivity index (χ2v) is 5.98. The summed E-state index contributed by atoms with van der Waals surface area (Å²) >= 11 is 0. The average Bonchev–Trinajstić information content (AvgIpc) is 2.57. The van der Waals surface area contributed by atoms with Crippen molar-refractivity contribution in [2.75, 3.05) is 13.1 Å². The van der Waals surface area contributed by atoms with E-state index in [0.29, 0.717) is 25.2 Å². The molecular formula is C20H24N2O2. The molecular weight excluding hydrogens is 300 g/mol. The first-order valence-electron chi connectivity index (χ1n) is 8.12. The lowest BCUT2D eigenvalue weighted by Gasteiger charge is -2.21. The van der Waals surface area contributed by atoms with E-state index in [2.05, 4.69) is 5.32 Å². The lowest BCUT2D eigenvalue weighted by Crippen LogP contribution is -2.37. The zero-order valence-corrected chi connectivity index (χ0v) is 14.5. The third kappa shape index (κ3) is 4.95. The van der Waals surface area contributed by atoms with Gasteiger partial charge in [0.25, 0.3) is 5.91 Å². The highest BCUT2D eigenvalue weighted by Crippen LogP contribution is 2.09. The molecule has 2 aromatic rings. The fourth-order valence-corrected chi connectivity index (χ4v) is 2.44. The number of rotatable bonds is 6. The van der Waals surface area contributed by atoms with Gasteiger partial charge in [0.15, 0.2) is 0 Å². The maximum Gasteiger partial charge on any atom is 0.251 e. The number of nitrogens with zero attached hydrogens (tertiary/aromatic N) is 1. The average molecular weight is 324 g/mol.